The van der Waals surface area contributed by atoms with E-state index in [0.29, 0.717) is 31.2 Å². The first-order valence-corrected chi connectivity index (χ1v) is 11.9. The Morgan fingerprint density at radius 2 is 1.82 bits per heavy atom. The number of urea groups is 1. The van der Waals surface area contributed by atoms with E-state index in [0.717, 1.165) is 49.6 Å². The maximum Gasteiger partial charge on any atom is 0.330 e. The highest BCUT2D eigenvalue weighted by Crippen LogP contribution is 2.30. The van der Waals surface area contributed by atoms with Gasteiger partial charge in [-0.05, 0) is 31.2 Å². The first-order valence-electron chi connectivity index (χ1n) is 11.9. The van der Waals surface area contributed by atoms with Crippen LogP contribution in [0.3, 0.4) is 0 Å². The van der Waals surface area contributed by atoms with Crippen molar-refractivity contribution in [1.29, 1.82) is 0 Å². The first-order chi connectivity index (χ1) is 16.1. The number of nitrogens with one attached hydrogen (secondary N) is 2. The van der Waals surface area contributed by atoms with Crippen LogP contribution in [0, 0.1) is 0 Å². The second kappa shape index (κ2) is 9.25. The minimum Gasteiger partial charge on any atom is -0.351 e. The number of fused-ring (bicyclic) bond motifs is 1. The topological polar surface area (TPSA) is 97.1 Å². The van der Waals surface area contributed by atoms with Gasteiger partial charge in [-0.25, -0.2) is 14.6 Å². The number of anilines is 1. The molecule has 9 heteroatoms. The zero-order valence-electron chi connectivity index (χ0n) is 19.0. The second-order valence-corrected chi connectivity index (χ2v) is 9.10. The van der Waals surface area contributed by atoms with Crippen molar-refractivity contribution in [3.8, 4) is 0 Å². The van der Waals surface area contributed by atoms with E-state index in [2.05, 4.69) is 15.6 Å². The summed E-state index contributed by atoms with van der Waals surface area (Å²) in [6.45, 7) is 1.89. The fourth-order valence-electron chi connectivity index (χ4n) is 4.99. The van der Waals surface area contributed by atoms with Crippen molar-refractivity contribution >= 4 is 23.1 Å². The fraction of sp³-hybridized carbons (Fsp3) is 0.500. The van der Waals surface area contributed by atoms with Gasteiger partial charge in [0.25, 0.3) is 0 Å². The minimum atomic E-state index is -0.0279. The lowest BCUT2D eigenvalue weighted by Crippen LogP contribution is -2.46. The Kier molecular flexibility index (Phi) is 6.02. The summed E-state index contributed by atoms with van der Waals surface area (Å²) in [4.78, 5) is 36.4. The molecule has 1 aliphatic carbocycles. The van der Waals surface area contributed by atoms with Crippen LogP contribution in [0.25, 0.3) is 11.2 Å². The van der Waals surface area contributed by atoms with E-state index in [1.807, 2.05) is 39.8 Å². The Balaban J connectivity index is 1.21. The van der Waals surface area contributed by atoms with Gasteiger partial charge < -0.3 is 15.5 Å². The summed E-state index contributed by atoms with van der Waals surface area (Å²) in [6.07, 6.45) is 7.74. The Labute approximate surface area is 192 Å². The van der Waals surface area contributed by atoms with Gasteiger partial charge in [0, 0.05) is 38.8 Å². The van der Waals surface area contributed by atoms with E-state index < -0.39 is 0 Å². The highest BCUT2D eigenvalue weighted by atomic mass is 16.2. The number of carbonyl (C=O) groups is 1. The van der Waals surface area contributed by atoms with E-state index in [9.17, 15) is 9.59 Å². The summed E-state index contributed by atoms with van der Waals surface area (Å²) < 4.78 is 3.50. The lowest BCUT2D eigenvalue weighted by atomic mass is 10.1. The van der Waals surface area contributed by atoms with Crippen molar-refractivity contribution in [3.05, 3.63) is 52.6 Å². The van der Waals surface area contributed by atoms with Gasteiger partial charge in [0.2, 0.25) is 5.95 Å². The number of nitrogens with zero attached hydrogens (tertiary/aromatic N) is 5. The molecule has 0 unspecified atom stereocenters. The quantitative estimate of drug-likeness (QED) is 0.624. The van der Waals surface area contributed by atoms with Crippen LogP contribution in [0.2, 0.25) is 0 Å². The van der Waals surface area contributed by atoms with Gasteiger partial charge in [0.05, 0.1) is 6.20 Å². The van der Waals surface area contributed by atoms with Gasteiger partial charge in [-0.1, -0.05) is 43.2 Å². The molecule has 1 saturated heterocycles. The number of imidazole rings is 1. The number of aryl methyl sites for hydroxylation is 1. The number of likely N-dealkylation sites (tertiary alicyclic amines) is 1. The number of rotatable bonds is 5. The van der Waals surface area contributed by atoms with Gasteiger partial charge in [0.15, 0.2) is 5.65 Å². The van der Waals surface area contributed by atoms with Crippen molar-refractivity contribution < 1.29 is 4.79 Å². The number of amides is 2. The Bertz CT molecular complexity index is 1170. The maximum absolute atomic E-state index is 12.8. The molecule has 2 fully saturated rings. The van der Waals surface area contributed by atoms with Crippen LogP contribution < -0.4 is 16.3 Å². The molecule has 3 heterocycles. The molecule has 1 aliphatic heterocycles. The van der Waals surface area contributed by atoms with E-state index >= 15 is 0 Å². The third-order valence-corrected chi connectivity index (χ3v) is 6.92. The van der Waals surface area contributed by atoms with Crippen LogP contribution in [0.15, 0.2) is 41.3 Å². The predicted octanol–water partition coefficient (Wildman–Crippen LogP) is 3.03. The van der Waals surface area contributed by atoms with Crippen molar-refractivity contribution in [2.24, 2.45) is 7.05 Å². The number of carbonyl (C=O) groups excluding carboxylic acids is 1. The maximum atomic E-state index is 12.8. The Morgan fingerprint density at radius 3 is 2.55 bits per heavy atom. The number of aromatic nitrogens is 4. The molecule has 0 radical (unpaired) electrons. The zero-order chi connectivity index (χ0) is 22.8. The highest BCUT2D eigenvalue weighted by Gasteiger charge is 2.26. The molecular weight excluding hydrogens is 418 g/mol. The van der Waals surface area contributed by atoms with E-state index in [1.165, 1.54) is 0 Å². The standard InChI is InChI=1S/C24H31N7O2/c1-29-20-16-25-22(28-21(20)31(24(29)33)19-9-5-6-10-19)27-18-11-13-30(14-12-18)23(32)26-15-17-7-3-2-4-8-17/h2-4,7-8,16,18-19H,5-6,9-15H2,1H3,(H,26,32)(H,25,27,28). The molecular formula is C24H31N7O2. The van der Waals surface area contributed by atoms with Crippen molar-refractivity contribution in [2.75, 3.05) is 18.4 Å². The third-order valence-electron chi connectivity index (χ3n) is 6.92. The van der Waals surface area contributed by atoms with Crippen LogP contribution in [0.1, 0.15) is 50.1 Å². The summed E-state index contributed by atoms with van der Waals surface area (Å²) in [7, 11) is 1.78. The summed E-state index contributed by atoms with van der Waals surface area (Å²) in [5.41, 5.74) is 2.55. The van der Waals surface area contributed by atoms with Gasteiger partial charge in [-0.3, -0.25) is 9.13 Å². The molecule has 5 rings (SSSR count). The van der Waals surface area contributed by atoms with Crippen molar-refractivity contribution in [3.63, 3.8) is 0 Å². The number of piperidine rings is 1. The monoisotopic (exact) mass is 449 g/mol. The fourth-order valence-corrected chi connectivity index (χ4v) is 4.99. The summed E-state index contributed by atoms with van der Waals surface area (Å²) >= 11 is 0. The zero-order valence-corrected chi connectivity index (χ0v) is 19.0. The molecule has 0 spiro atoms. The molecule has 0 atom stereocenters. The molecule has 0 bridgehead atoms. The summed E-state index contributed by atoms with van der Waals surface area (Å²) in [5.74, 6) is 0.548. The molecule has 2 aliphatic rings. The van der Waals surface area contributed by atoms with Crippen LogP contribution in [-0.4, -0.2) is 49.2 Å². The summed E-state index contributed by atoms with van der Waals surface area (Å²) in [6, 6.07) is 10.3. The van der Waals surface area contributed by atoms with E-state index in [1.54, 1.807) is 17.8 Å². The second-order valence-electron chi connectivity index (χ2n) is 9.10. The van der Waals surface area contributed by atoms with Crippen molar-refractivity contribution in [1.82, 2.24) is 29.3 Å². The molecule has 2 N–H and O–H groups in total. The van der Waals surface area contributed by atoms with Gasteiger partial charge in [-0.2, -0.15) is 4.98 Å². The third kappa shape index (κ3) is 4.44. The number of benzene rings is 1. The lowest BCUT2D eigenvalue weighted by molar-refractivity contribution is 0.183. The lowest BCUT2D eigenvalue weighted by Gasteiger charge is -2.32. The van der Waals surface area contributed by atoms with Crippen LogP contribution in [-0.2, 0) is 13.6 Å². The predicted molar refractivity (Wildman–Crippen MR) is 127 cm³/mol. The van der Waals surface area contributed by atoms with Gasteiger partial charge in [-0.15, -0.1) is 0 Å². The van der Waals surface area contributed by atoms with Gasteiger partial charge >= 0.3 is 11.7 Å². The van der Waals surface area contributed by atoms with E-state index in [4.69, 9.17) is 4.98 Å². The highest BCUT2D eigenvalue weighted by molar-refractivity contribution is 5.74. The first kappa shape index (κ1) is 21.5. The Morgan fingerprint density at radius 1 is 1.09 bits per heavy atom. The van der Waals surface area contributed by atoms with Crippen LogP contribution >= 0.6 is 0 Å². The van der Waals surface area contributed by atoms with Crippen molar-refractivity contribution in [2.45, 2.75) is 57.2 Å². The molecule has 3 aromatic rings. The van der Waals surface area contributed by atoms with Crippen LogP contribution in [0.5, 0.6) is 0 Å². The molecule has 1 saturated carbocycles. The molecule has 2 amide bonds. The molecule has 2 aromatic heterocycles. The summed E-state index contributed by atoms with van der Waals surface area (Å²) in [5, 5.41) is 6.43. The average molecular weight is 450 g/mol. The normalized spacial score (nSPS) is 17.5. The average Bonchev–Trinajstić information content (AvgIpc) is 3.45. The smallest absolute Gasteiger partial charge is 0.330 e. The molecule has 1 aromatic carbocycles. The number of hydrogen-bond donors (Lipinski definition) is 2. The molecule has 9 nitrogen and oxygen atoms in total. The molecule has 174 valence electrons. The van der Waals surface area contributed by atoms with E-state index in [-0.39, 0.29) is 23.8 Å². The SMILES string of the molecule is Cn1c(=O)n(C2CCCC2)c2nc(NC3CCN(C(=O)NCc4ccccc4)CC3)ncc21. The number of hydrogen-bond acceptors (Lipinski definition) is 5. The van der Waals surface area contributed by atoms with Crippen LogP contribution in [0.4, 0.5) is 10.7 Å². The minimum absolute atomic E-state index is 0.0156. The molecule has 33 heavy (non-hydrogen) atoms. The van der Waals surface area contributed by atoms with Gasteiger partial charge in [0.1, 0.15) is 5.52 Å². The Hall–Kier alpha value is -3.36. The largest absolute Gasteiger partial charge is 0.351 e.